The molecule has 0 saturated heterocycles. The minimum Gasteiger partial charge on any atom is -0.497 e. The highest BCUT2D eigenvalue weighted by atomic mass is 16.5. The molecule has 6 heteroatoms. The number of rotatable bonds is 7. The molecule has 30 heavy (non-hydrogen) atoms. The maximum absolute atomic E-state index is 13.3. The topological polar surface area (TPSA) is 65.1 Å². The Morgan fingerprint density at radius 1 is 0.967 bits per heavy atom. The van der Waals surface area contributed by atoms with Crippen molar-refractivity contribution in [2.24, 2.45) is 0 Å². The molecule has 1 aliphatic rings. The van der Waals surface area contributed by atoms with Crippen molar-refractivity contribution in [2.75, 3.05) is 25.2 Å². The molecule has 1 amide bonds. The molecule has 1 aliphatic heterocycles. The third kappa shape index (κ3) is 4.22. The van der Waals surface area contributed by atoms with Crippen LogP contribution in [0.15, 0.2) is 65.4 Å². The average Bonchev–Trinajstić information content (AvgIpc) is 2.99. The molecule has 0 bridgehead atoms. The van der Waals surface area contributed by atoms with E-state index >= 15 is 0 Å². The van der Waals surface area contributed by atoms with Gasteiger partial charge in [0.1, 0.15) is 11.5 Å². The molecule has 0 N–H and O–H groups in total. The van der Waals surface area contributed by atoms with Gasteiger partial charge in [-0.3, -0.25) is 9.69 Å². The van der Waals surface area contributed by atoms with Crippen LogP contribution in [-0.4, -0.2) is 32.2 Å². The predicted molar refractivity (Wildman–Crippen MR) is 115 cm³/mol. The highest BCUT2D eigenvalue weighted by Gasteiger charge is 2.38. The largest absolute Gasteiger partial charge is 0.497 e. The first-order valence-corrected chi connectivity index (χ1v) is 9.81. The van der Waals surface area contributed by atoms with Crippen LogP contribution < -0.4 is 14.4 Å². The number of allylic oxidation sites excluding steroid dienone is 1. The smallest absolute Gasteiger partial charge is 0.340 e. The zero-order valence-corrected chi connectivity index (χ0v) is 17.6. The van der Waals surface area contributed by atoms with Crippen LogP contribution in [0.25, 0.3) is 6.08 Å². The molecule has 0 aliphatic carbocycles. The summed E-state index contributed by atoms with van der Waals surface area (Å²) in [5, 5.41) is 0. The maximum Gasteiger partial charge on any atom is 0.340 e. The molecule has 3 rings (SSSR count). The molecule has 0 fully saturated rings. The van der Waals surface area contributed by atoms with Gasteiger partial charge in [-0.1, -0.05) is 12.1 Å². The number of carbonyl (C=O) groups excluding carboxylic acids is 2. The number of carbonyl (C=O) groups is 2. The summed E-state index contributed by atoms with van der Waals surface area (Å²) in [4.78, 5) is 27.5. The monoisotopic (exact) mass is 407 g/mol. The van der Waals surface area contributed by atoms with Crippen molar-refractivity contribution >= 4 is 23.6 Å². The first kappa shape index (κ1) is 21.2. The van der Waals surface area contributed by atoms with Crippen molar-refractivity contribution in [1.82, 2.24) is 0 Å². The van der Waals surface area contributed by atoms with Crippen LogP contribution in [0.2, 0.25) is 0 Å². The molecule has 2 aromatic rings. The van der Waals surface area contributed by atoms with Crippen LogP contribution in [0, 0.1) is 0 Å². The number of hydrogen-bond acceptors (Lipinski definition) is 5. The summed E-state index contributed by atoms with van der Waals surface area (Å²) >= 11 is 0. The van der Waals surface area contributed by atoms with Crippen LogP contribution in [0.1, 0.15) is 26.3 Å². The van der Waals surface area contributed by atoms with E-state index in [0.717, 1.165) is 11.3 Å². The number of nitrogens with zero attached hydrogens (tertiary/aromatic N) is 1. The van der Waals surface area contributed by atoms with E-state index in [2.05, 4.69) is 0 Å². The zero-order chi connectivity index (χ0) is 21.7. The number of amides is 1. The number of hydrogen-bond donors (Lipinski definition) is 0. The summed E-state index contributed by atoms with van der Waals surface area (Å²) < 4.78 is 15.9. The van der Waals surface area contributed by atoms with Gasteiger partial charge in [0, 0.05) is 11.4 Å². The molecule has 0 saturated carbocycles. The molecule has 0 spiro atoms. The van der Waals surface area contributed by atoms with Crippen LogP contribution in [-0.2, 0) is 14.3 Å². The Hall–Kier alpha value is -3.54. The van der Waals surface area contributed by atoms with Crippen molar-refractivity contribution in [2.45, 2.75) is 20.8 Å². The second kappa shape index (κ2) is 9.31. The lowest BCUT2D eigenvalue weighted by molar-refractivity contribution is -0.138. The summed E-state index contributed by atoms with van der Waals surface area (Å²) in [6.45, 7) is 6.20. The number of ether oxygens (including phenoxy) is 3. The lowest BCUT2D eigenvalue weighted by atomic mass is 10.0. The molecular formula is C24H25NO5. The second-order valence-electron chi connectivity index (χ2n) is 6.58. The molecular weight excluding hydrogens is 382 g/mol. The quantitative estimate of drug-likeness (QED) is 0.504. The minimum absolute atomic E-state index is 0.225. The van der Waals surface area contributed by atoms with Crippen molar-refractivity contribution in [3.05, 3.63) is 70.9 Å². The van der Waals surface area contributed by atoms with Gasteiger partial charge in [-0.25, -0.2) is 4.79 Å². The van der Waals surface area contributed by atoms with Gasteiger partial charge >= 0.3 is 5.97 Å². The highest BCUT2D eigenvalue weighted by molar-refractivity contribution is 6.23. The van der Waals surface area contributed by atoms with E-state index in [-0.39, 0.29) is 18.1 Å². The van der Waals surface area contributed by atoms with Crippen molar-refractivity contribution < 1.29 is 23.8 Å². The zero-order valence-electron chi connectivity index (χ0n) is 17.6. The summed E-state index contributed by atoms with van der Waals surface area (Å²) in [6.07, 6.45) is 1.71. The fourth-order valence-electron chi connectivity index (χ4n) is 3.32. The fourth-order valence-corrected chi connectivity index (χ4v) is 3.32. The van der Waals surface area contributed by atoms with E-state index in [9.17, 15) is 9.59 Å². The Morgan fingerprint density at radius 3 is 2.17 bits per heavy atom. The number of methoxy groups -OCH3 is 1. The molecule has 2 aromatic carbocycles. The number of benzene rings is 2. The molecule has 0 radical (unpaired) electrons. The van der Waals surface area contributed by atoms with Crippen molar-refractivity contribution in [3.8, 4) is 11.5 Å². The van der Waals surface area contributed by atoms with Crippen LogP contribution >= 0.6 is 0 Å². The lowest BCUT2D eigenvalue weighted by Gasteiger charge is -2.18. The number of esters is 1. The summed E-state index contributed by atoms with van der Waals surface area (Å²) in [6, 6.07) is 14.5. The molecule has 6 nitrogen and oxygen atoms in total. The second-order valence-corrected chi connectivity index (χ2v) is 6.58. The van der Waals surface area contributed by atoms with Crippen molar-refractivity contribution in [3.63, 3.8) is 0 Å². The molecule has 0 atom stereocenters. The average molecular weight is 407 g/mol. The standard InChI is InChI=1S/C24H25NO5/c1-5-29-20-11-7-17(8-12-20)15-21-22(24(27)30-6-2)16(3)25(23(21)26)18-9-13-19(28-4)14-10-18/h7-15H,5-6H2,1-4H3/b21-15-. The first-order valence-electron chi connectivity index (χ1n) is 9.81. The Balaban J connectivity index is 2.04. The Labute approximate surface area is 176 Å². The summed E-state index contributed by atoms with van der Waals surface area (Å²) in [5.41, 5.74) is 2.53. The fraction of sp³-hybridized carbons (Fsp3) is 0.250. The van der Waals surface area contributed by atoms with Crippen LogP contribution in [0.3, 0.4) is 0 Å². The Bertz CT molecular complexity index is 987. The Morgan fingerprint density at radius 2 is 1.60 bits per heavy atom. The molecule has 0 aromatic heterocycles. The van der Waals surface area contributed by atoms with E-state index in [4.69, 9.17) is 14.2 Å². The van der Waals surface area contributed by atoms with Gasteiger partial charge in [0.15, 0.2) is 0 Å². The minimum atomic E-state index is -0.517. The molecule has 1 heterocycles. The van der Waals surface area contributed by atoms with E-state index in [1.54, 1.807) is 51.3 Å². The van der Waals surface area contributed by atoms with Gasteiger partial charge in [-0.15, -0.1) is 0 Å². The van der Waals surface area contributed by atoms with E-state index in [1.165, 1.54) is 4.90 Å². The maximum atomic E-state index is 13.3. The third-order valence-electron chi connectivity index (χ3n) is 4.71. The van der Waals surface area contributed by atoms with E-state index < -0.39 is 5.97 Å². The molecule has 0 unspecified atom stereocenters. The van der Waals surface area contributed by atoms with Gasteiger partial charge in [0.05, 0.1) is 31.5 Å². The van der Waals surface area contributed by atoms with Gasteiger partial charge in [0.25, 0.3) is 5.91 Å². The van der Waals surface area contributed by atoms with E-state index in [0.29, 0.717) is 29.3 Å². The van der Waals surface area contributed by atoms with Crippen molar-refractivity contribution in [1.29, 1.82) is 0 Å². The third-order valence-corrected chi connectivity index (χ3v) is 4.71. The van der Waals surface area contributed by atoms with Crippen LogP contribution in [0.5, 0.6) is 11.5 Å². The predicted octanol–water partition coefficient (Wildman–Crippen LogP) is 4.36. The lowest BCUT2D eigenvalue weighted by Crippen LogP contribution is -2.24. The van der Waals surface area contributed by atoms with Gasteiger partial charge in [0.2, 0.25) is 0 Å². The SMILES string of the molecule is CCOC(=O)C1=C(C)N(c2ccc(OC)cc2)C(=O)/C1=C\c1ccc(OCC)cc1. The number of anilines is 1. The first-order chi connectivity index (χ1) is 14.5. The summed E-state index contributed by atoms with van der Waals surface area (Å²) in [7, 11) is 1.58. The van der Waals surface area contributed by atoms with Gasteiger partial charge in [-0.2, -0.15) is 0 Å². The summed E-state index contributed by atoms with van der Waals surface area (Å²) in [5.74, 6) is 0.628. The highest BCUT2D eigenvalue weighted by Crippen LogP contribution is 2.36. The Kier molecular flexibility index (Phi) is 6.57. The van der Waals surface area contributed by atoms with Gasteiger partial charge < -0.3 is 14.2 Å². The van der Waals surface area contributed by atoms with E-state index in [1.807, 2.05) is 31.2 Å². The van der Waals surface area contributed by atoms with Gasteiger partial charge in [-0.05, 0) is 68.8 Å². The van der Waals surface area contributed by atoms with Crippen LogP contribution in [0.4, 0.5) is 5.69 Å². The molecule has 156 valence electrons. The normalized spacial score (nSPS) is 15.0.